The van der Waals surface area contributed by atoms with E-state index in [9.17, 15) is 9.18 Å². The zero-order valence-corrected chi connectivity index (χ0v) is 16.5. The highest BCUT2D eigenvalue weighted by atomic mass is 79.9. The van der Waals surface area contributed by atoms with Gasteiger partial charge in [0.15, 0.2) is 6.61 Å². The summed E-state index contributed by atoms with van der Waals surface area (Å²) in [5.74, 6) is 0.355. The molecule has 0 amide bonds. The van der Waals surface area contributed by atoms with E-state index in [0.717, 1.165) is 9.48 Å². The smallest absolute Gasteiger partial charge is 0.344 e. The van der Waals surface area contributed by atoms with Crippen LogP contribution in [0.2, 0.25) is 0 Å². The van der Waals surface area contributed by atoms with E-state index in [1.54, 1.807) is 29.6 Å². The van der Waals surface area contributed by atoms with Crippen LogP contribution in [0.4, 0.5) is 4.39 Å². The molecule has 1 heterocycles. The van der Waals surface area contributed by atoms with Gasteiger partial charge < -0.3 is 14.2 Å². The Morgan fingerprint density at radius 3 is 2.41 bits per heavy atom. The standard InChI is InChI=1S/C19H15BrFNO4S/c20-13-1-5-16(6-2-13)25-11-19(23)26-9-15-12-27-18(22-15)10-24-17-7-3-14(21)4-8-17/h1-8,12H,9-11H2. The summed E-state index contributed by atoms with van der Waals surface area (Å²) >= 11 is 4.73. The Balaban J connectivity index is 1.40. The highest BCUT2D eigenvalue weighted by Gasteiger charge is 2.08. The number of benzene rings is 2. The van der Waals surface area contributed by atoms with E-state index in [1.807, 2.05) is 12.1 Å². The lowest BCUT2D eigenvalue weighted by Crippen LogP contribution is -2.14. The molecule has 5 nitrogen and oxygen atoms in total. The van der Waals surface area contributed by atoms with Gasteiger partial charge in [-0.25, -0.2) is 14.2 Å². The first-order valence-electron chi connectivity index (χ1n) is 7.94. The lowest BCUT2D eigenvalue weighted by atomic mass is 10.3. The Bertz CT molecular complexity index is 883. The molecule has 0 saturated heterocycles. The molecule has 0 fully saturated rings. The second-order valence-corrected chi connectivity index (χ2v) is 7.24. The van der Waals surface area contributed by atoms with Crippen molar-refractivity contribution in [1.29, 1.82) is 0 Å². The molecule has 0 aliphatic rings. The molecule has 0 bridgehead atoms. The number of hydrogen-bond donors (Lipinski definition) is 0. The topological polar surface area (TPSA) is 57.7 Å². The van der Waals surface area contributed by atoms with Crippen molar-refractivity contribution in [2.75, 3.05) is 6.61 Å². The summed E-state index contributed by atoms with van der Waals surface area (Å²) in [7, 11) is 0. The first kappa shape index (κ1) is 19.3. The summed E-state index contributed by atoms with van der Waals surface area (Å²) in [4.78, 5) is 16.1. The van der Waals surface area contributed by atoms with Crippen molar-refractivity contribution in [1.82, 2.24) is 4.98 Å². The Hall–Kier alpha value is -2.45. The molecule has 0 radical (unpaired) electrons. The van der Waals surface area contributed by atoms with Crippen LogP contribution in [0.15, 0.2) is 58.4 Å². The molecule has 0 spiro atoms. The third kappa shape index (κ3) is 6.33. The average Bonchev–Trinajstić information content (AvgIpc) is 3.13. The maximum absolute atomic E-state index is 12.9. The van der Waals surface area contributed by atoms with Crippen LogP contribution in [0.5, 0.6) is 11.5 Å². The van der Waals surface area contributed by atoms with E-state index in [-0.39, 0.29) is 25.6 Å². The van der Waals surface area contributed by atoms with Gasteiger partial charge in [0, 0.05) is 9.85 Å². The molecule has 27 heavy (non-hydrogen) atoms. The van der Waals surface area contributed by atoms with Crippen molar-refractivity contribution in [3.05, 3.63) is 74.9 Å². The summed E-state index contributed by atoms with van der Waals surface area (Å²) in [5, 5.41) is 2.53. The quantitative estimate of drug-likeness (QED) is 0.462. The third-order valence-electron chi connectivity index (χ3n) is 3.33. The minimum Gasteiger partial charge on any atom is -0.486 e. The maximum Gasteiger partial charge on any atom is 0.344 e. The van der Waals surface area contributed by atoms with Gasteiger partial charge in [0.1, 0.15) is 35.5 Å². The van der Waals surface area contributed by atoms with Gasteiger partial charge in [-0.05, 0) is 48.5 Å². The predicted molar refractivity (Wildman–Crippen MR) is 102 cm³/mol. The summed E-state index contributed by atoms with van der Waals surface area (Å²) < 4.78 is 29.8. The van der Waals surface area contributed by atoms with Crippen LogP contribution in [-0.4, -0.2) is 17.6 Å². The molecule has 0 aliphatic heterocycles. The molecular weight excluding hydrogens is 437 g/mol. The molecule has 3 aromatic rings. The second kappa shape index (κ2) is 9.48. The number of nitrogens with zero attached hydrogens (tertiary/aromatic N) is 1. The Morgan fingerprint density at radius 2 is 1.67 bits per heavy atom. The van der Waals surface area contributed by atoms with Gasteiger partial charge in [-0.15, -0.1) is 11.3 Å². The molecule has 140 valence electrons. The van der Waals surface area contributed by atoms with Crippen molar-refractivity contribution >= 4 is 33.2 Å². The van der Waals surface area contributed by atoms with Gasteiger partial charge in [-0.2, -0.15) is 0 Å². The summed E-state index contributed by atoms with van der Waals surface area (Å²) in [6, 6.07) is 12.9. The van der Waals surface area contributed by atoms with Crippen LogP contribution in [0.3, 0.4) is 0 Å². The van der Waals surface area contributed by atoms with Gasteiger partial charge in [0.2, 0.25) is 0 Å². The Labute approximate surface area is 167 Å². The number of thiazole rings is 1. The van der Waals surface area contributed by atoms with Crippen LogP contribution < -0.4 is 9.47 Å². The van der Waals surface area contributed by atoms with Gasteiger partial charge in [0.05, 0.1) is 5.69 Å². The molecule has 0 N–H and O–H groups in total. The lowest BCUT2D eigenvalue weighted by molar-refractivity contribution is -0.147. The van der Waals surface area contributed by atoms with E-state index >= 15 is 0 Å². The van der Waals surface area contributed by atoms with Gasteiger partial charge in [0.25, 0.3) is 0 Å². The number of esters is 1. The monoisotopic (exact) mass is 451 g/mol. The number of rotatable bonds is 8. The molecule has 1 aromatic heterocycles. The zero-order chi connectivity index (χ0) is 19.1. The third-order valence-corrected chi connectivity index (χ3v) is 4.73. The highest BCUT2D eigenvalue weighted by Crippen LogP contribution is 2.17. The molecular formula is C19H15BrFNO4S. The summed E-state index contributed by atoms with van der Waals surface area (Å²) in [6.45, 7) is 0.152. The van der Waals surface area contributed by atoms with Gasteiger partial charge in [-0.3, -0.25) is 0 Å². The molecule has 0 unspecified atom stereocenters. The first-order chi connectivity index (χ1) is 13.1. The predicted octanol–water partition coefficient (Wildman–Crippen LogP) is 4.75. The first-order valence-corrected chi connectivity index (χ1v) is 9.61. The largest absolute Gasteiger partial charge is 0.486 e. The molecule has 0 saturated carbocycles. The van der Waals surface area contributed by atoms with Crippen LogP contribution in [-0.2, 0) is 22.7 Å². The minimum absolute atomic E-state index is 0.0651. The SMILES string of the molecule is O=C(COc1ccc(Br)cc1)OCc1csc(COc2ccc(F)cc2)n1. The Morgan fingerprint density at radius 1 is 1.00 bits per heavy atom. The summed E-state index contributed by atoms with van der Waals surface area (Å²) in [6.07, 6.45) is 0. The summed E-state index contributed by atoms with van der Waals surface area (Å²) in [5.41, 5.74) is 0.634. The number of hydrogen-bond acceptors (Lipinski definition) is 6. The van der Waals surface area contributed by atoms with Crippen molar-refractivity contribution in [3.8, 4) is 11.5 Å². The maximum atomic E-state index is 12.9. The van der Waals surface area contributed by atoms with Crippen LogP contribution in [0, 0.1) is 5.82 Å². The Kier molecular flexibility index (Phi) is 6.78. The van der Waals surface area contributed by atoms with Gasteiger partial charge >= 0.3 is 5.97 Å². The fraction of sp³-hybridized carbons (Fsp3) is 0.158. The fourth-order valence-corrected chi connectivity index (χ4v) is 2.98. The number of ether oxygens (including phenoxy) is 3. The molecule has 3 rings (SSSR count). The number of carbonyl (C=O) groups excluding carboxylic acids is 1. The zero-order valence-electron chi connectivity index (χ0n) is 14.1. The fourth-order valence-electron chi connectivity index (χ4n) is 2.03. The van der Waals surface area contributed by atoms with Crippen molar-refractivity contribution < 1.29 is 23.4 Å². The molecule has 0 atom stereocenters. The molecule has 8 heteroatoms. The van der Waals surface area contributed by atoms with Crippen LogP contribution in [0.25, 0.3) is 0 Å². The van der Waals surface area contributed by atoms with Crippen LogP contribution in [0.1, 0.15) is 10.7 Å². The van der Waals surface area contributed by atoms with Crippen molar-refractivity contribution in [2.24, 2.45) is 0 Å². The van der Waals surface area contributed by atoms with Crippen molar-refractivity contribution in [2.45, 2.75) is 13.2 Å². The van der Waals surface area contributed by atoms with Gasteiger partial charge in [-0.1, -0.05) is 15.9 Å². The van der Waals surface area contributed by atoms with E-state index in [0.29, 0.717) is 17.2 Å². The second-order valence-electron chi connectivity index (χ2n) is 5.38. The van der Waals surface area contributed by atoms with E-state index in [4.69, 9.17) is 14.2 Å². The number of carbonyl (C=O) groups is 1. The highest BCUT2D eigenvalue weighted by molar-refractivity contribution is 9.10. The normalized spacial score (nSPS) is 10.4. The van der Waals surface area contributed by atoms with Crippen LogP contribution >= 0.6 is 27.3 Å². The minimum atomic E-state index is -0.477. The number of aromatic nitrogens is 1. The molecule has 2 aromatic carbocycles. The van der Waals surface area contributed by atoms with Crippen molar-refractivity contribution in [3.63, 3.8) is 0 Å². The average molecular weight is 452 g/mol. The lowest BCUT2D eigenvalue weighted by Gasteiger charge is -2.06. The van der Waals surface area contributed by atoms with E-state index < -0.39 is 5.97 Å². The van der Waals surface area contributed by atoms with E-state index in [1.165, 1.54) is 23.5 Å². The van der Waals surface area contributed by atoms with E-state index in [2.05, 4.69) is 20.9 Å². The number of halogens is 2. The molecule has 0 aliphatic carbocycles.